The number of benzene rings is 1. The van der Waals surface area contributed by atoms with Gasteiger partial charge in [-0.1, -0.05) is 24.3 Å². The van der Waals surface area contributed by atoms with Crippen LogP contribution in [0.3, 0.4) is 0 Å². The number of hydrogen-bond acceptors (Lipinski definition) is 3. The zero-order valence-corrected chi connectivity index (χ0v) is 9.54. The molecule has 1 heterocycles. The van der Waals surface area contributed by atoms with Gasteiger partial charge in [0.15, 0.2) is 5.82 Å². The molecule has 1 N–H and O–H groups in total. The molecular weight excluding hydrogens is 243 g/mol. The summed E-state index contributed by atoms with van der Waals surface area (Å²) in [6, 6.07) is 7.46. The van der Waals surface area contributed by atoms with Crippen LogP contribution in [0.2, 0.25) is 0 Å². The molecule has 0 amide bonds. The highest BCUT2D eigenvalue weighted by atomic mass is 19.4. The van der Waals surface area contributed by atoms with Gasteiger partial charge in [0, 0.05) is 23.7 Å². The van der Waals surface area contributed by atoms with E-state index in [2.05, 4.69) is 15.5 Å². The number of aromatic nitrogens is 2. The molecule has 0 fully saturated rings. The predicted octanol–water partition coefficient (Wildman–Crippen LogP) is 3.38. The molecule has 2 rings (SSSR count). The number of fused-ring (bicyclic) bond motifs is 1. The molecule has 0 spiro atoms. The fourth-order valence-electron chi connectivity index (χ4n) is 1.65. The minimum atomic E-state index is -4.11. The van der Waals surface area contributed by atoms with Crippen LogP contribution >= 0.6 is 0 Å². The molecule has 0 aliphatic carbocycles. The Labute approximate surface area is 102 Å². The maximum absolute atomic E-state index is 12.0. The van der Waals surface area contributed by atoms with Crippen molar-refractivity contribution in [3.63, 3.8) is 0 Å². The van der Waals surface area contributed by atoms with Crippen LogP contribution in [0.15, 0.2) is 30.5 Å². The Morgan fingerprint density at radius 2 is 1.94 bits per heavy atom. The van der Waals surface area contributed by atoms with Crippen LogP contribution in [0.25, 0.3) is 10.8 Å². The van der Waals surface area contributed by atoms with E-state index in [-0.39, 0.29) is 13.0 Å². The molecule has 0 unspecified atom stereocenters. The van der Waals surface area contributed by atoms with Crippen molar-refractivity contribution in [2.24, 2.45) is 0 Å². The summed E-state index contributed by atoms with van der Waals surface area (Å²) in [7, 11) is 0. The van der Waals surface area contributed by atoms with Gasteiger partial charge in [0.05, 0.1) is 6.20 Å². The summed E-state index contributed by atoms with van der Waals surface area (Å²) >= 11 is 0. The minimum Gasteiger partial charge on any atom is -0.368 e. The summed E-state index contributed by atoms with van der Waals surface area (Å²) in [6.45, 7) is 0.224. The van der Waals surface area contributed by atoms with E-state index < -0.39 is 12.6 Å². The van der Waals surface area contributed by atoms with Crippen molar-refractivity contribution in [1.82, 2.24) is 10.2 Å². The fraction of sp³-hybridized carbons (Fsp3) is 0.333. The second-order valence-electron chi connectivity index (χ2n) is 3.93. The predicted molar refractivity (Wildman–Crippen MR) is 63.3 cm³/mol. The van der Waals surface area contributed by atoms with Crippen LogP contribution in [0.5, 0.6) is 0 Å². The average molecular weight is 255 g/mol. The van der Waals surface area contributed by atoms with E-state index in [1.165, 1.54) is 0 Å². The number of rotatable bonds is 4. The van der Waals surface area contributed by atoms with Crippen molar-refractivity contribution >= 4 is 16.6 Å². The molecule has 1 aromatic heterocycles. The van der Waals surface area contributed by atoms with Gasteiger partial charge in [0.2, 0.25) is 0 Å². The number of nitrogens with zero attached hydrogens (tertiary/aromatic N) is 2. The van der Waals surface area contributed by atoms with Gasteiger partial charge < -0.3 is 5.32 Å². The van der Waals surface area contributed by atoms with Gasteiger partial charge in [0.25, 0.3) is 0 Å². The lowest BCUT2D eigenvalue weighted by atomic mass is 10.2. The van der Waals surface area contributed by atoms with Crippen molar-refractivity contribution in [2.75, 3.05) is 11.9 Å². The van der Waals surface area contributed by atoms with Crippen molar-refractivity contribution in [3.05, 3.63) is 30.5 Å². The van der Waals surface area contributed by atoms with E-state index in [9.17, 15) is 13.2 Å². The van der Waals surface area contributed by atoms with Crippen LogP contribution in [0, 0.1) is 0 Å². The second-order valence-corrected chi connectivity index (χ2v) is 3.93. The number of anilines is 1. The summed E-state index contributed by atoms with van der Waals surface area (Å²) in [5.41, 5.74) is 0. The molecule has 6 heteroatoms. The third kappa shape index (κ3) is 3.32. The van der Waals surface area contributed by atoms with Gasteiger partial charge in [-0.2, -0.15) is 18.3 Å². The van der Waals surface area contributed by atoms with E-state index >= 15 is 0 Å². The summed E-state index contributed by atoms with van der Waals surface area (Å²) < 4.78 is 35.9. The summed E-state index contributed by atoms with van der Waals surface area (Å²) in [6.07, 6.45) is -3.26. The zero-order chi connectivity index (χ0) is 13.0. The van der Waals surface area contributed by atoms with E-state index in [1.807, 2.05) is 24.3 Å². The van der Waals surface area contributed by atoms with Crippen LogP contribution in [-0.4, -0.2) is 22.9 Å². The van der Waals surface area contributed by atoms with E-state index in [0.29, 0.717) is 5.82 Å². The number of hydrogen-bond donors (Lipinski definition) is 1. The summed E-state index contributed by atoms with van der Waals surface area (Å²) in [5, 5.41) is 12.4. The van der Waals surface area contributed by atoms with Crippen molar-refractivity contribution in [1.29, 1.82) is 0 Å². The smallest absolute Gasteiger partial charge is 0.368 e. The zero-order valence-electron chi connectivity index (χ0n) is 9.54. The van der Waals surface area contributed by atoms with Crippen LogP contribution in [0.4, 0.5) is 19.0 Å². The molecule has 0 saturated heterocycles. The SMILES string of the molecule is FC(F)(F)CCCNc1nncc2ccccc12. The molecule has 0 bridgehead atoms. The Bertz CT molecular complexity index is 520. The molecule has 0 atom stereocenters. The van der Waals surface area contributed by atoms with Gasteiger partial charge in [-0.3, -0.25) is 0 Å². The van der Waals surface area contributed by atoms with Gasteiger partial charge in [-0.25, -0.2) is 0 Å². The van der Waals surface area contributed by atoms with E-state index in [4.69, 9.17) is 0 Å². The van der Waals surface area contributed by atoms with E-state index in [0.717, 1.165) is 10.8 Å². The number of nitrogens with one attached hydrogen (secondary N) is 1. The molecule has 0 saturated carbocycles. The maximum Gasteiger partial charge on any atom is 0.389 e. The number of halogens is 3. The molecule has 0 aliphatic rings. The summed E-state index contributed by atoms with van der Waals surface area (Å²) in [5.74, 6) is 0.523. The van der Waals surface area contributed by atoms with Crippen molar-refractivity contribution in [2.45, 2.75) is 19.0 Å². The highest BCUT2D eigenvalue weighted by Crippen LogP contribution is 2.22. The molecule has 0 radical (unpaired) electrons. The fourth-order valence-corrected chi connectivity index (χ4v) is 1.65. The molecule has 0 aliphatic heterocycles. The molecule has 3 nitrogen and oxygen atoms in total. The third-order valence-electron chi connectivity index (χ3n) is 2.50. The first kappa shape index (κ1) is 12.6. The molecule has 96 valence electrons. The quantitative estimate of drug-likeness (QED) is 0.851. The lowest BCUT2D eigenvalue weighted by Gasteiger charge is -2.09. The average Bonchev–Trinajstić information content (AvgIpc) is 2.33. The highest BCUT2D eigenvalue weighted by molar-refractivity contribution is 5.90. The Balaban J connectivity index is 2.00. The first-order chi connectivity index (χ1) is 8.56. The standard InChI is InChI=1S/C12H12F3N3/c13-12(14,15)6-3-7-16-11-10-5-2-1-4-9(10)8-17-18-11/h1-2,4-5,8H,3,6-7H2,(H,16,18). The maximum atomic E-state index is 12.0. The number of alkyl halides is 3. The monoisotopic (exact) mass is 255 g/mol. The lowest BCUT2D eigenvalue weighted by molar-refractivity contribution is -0.134. The molecular formula is C12H12F3N3. The van der Waals surface area contributed by atoms with Crippen molar-refractivity contribution in [3.8, 4) is 0 Å². The lowest BCUT2D eigenvalue weighted by Crippen LogP contribution is -2.11. The Hall–Kier alpha value is -1.85. The normalized spacial score (nSPS) is 11.7. The summed E-state index contributed by atoms with van der Waals surface area (Å²) in [4.78, 5) is 0. The van der Waals surface area contributed by atoms with Crippen LogP contribution < -0.4 is 5.32 Å². The van der Waals surface area contributed by atoms with E-state index in [1.54, 1.807) is 6.20 Å². The first-order valence-electron chi connectivity index (χ1n) is 5.57. The van der Waals surface area contributed by atoms with Crippen LogP contribution in [0.1, 0.15) is 12.8 Å². The first-order valence-corrected chi connectivity index (χ1v) is 5.57. The largest absolute Gasteiger partial charge is 0.389 e. The Kier molecular flexibility index (Phi) is 3.64. The van der Waals surface area contributed by atoms with Crippen LogP contribution in [-0.2, 0) is 0 Å². The van der Waals surface area contributed by atoms with Crippen molar-refractivity contribution < 1.29 is 13.2 Å². The molecule has 2 aromatic rings. The van der Waals surface area contributed by atoms with Gasteiger partial charge in [-0.15, -0.1) is 5.10 Å². The van der Waals surface area contributed by atoms with Gasteiger partial charge in [-0.05, 0) is 6.42 Å². The minimum absolute atomic E-state index is 0.0222. The topological polar surface area (TPSA) is 37.8 Å². The second kappa shape index (κ2) is 5.20. The molecule has 1 aromatic carbocycles. The third-order valence-corrected chi connectivity index (χ3v) is 2.50. The van der Waals surface area contributed by atoms with Gasteiger partial charge in [0.1, 0.15) is 0 Å². The van der Waals surface area contributed by atoms with Gasteiger partial charge >= 0.3 is 6.18 Å². The Morgan fingerprint density at radius 1 is 1.17 bits per heavy atom. The molecule has 18 heavy (non-hydrogen) atoms. The Morgan fingerprint density at radius 3 is 2.72 bits per heavy atom. The highest BCUT2D eigenvalue weighted by Gasteiger charge is 2.25.